The van der Waals surface area contributed by atoms with Crippen molar-refractivity contribution >= 4 is 53.3 Å². The molecule has 13 heteroatoms. The second-order valence-electron chi connectivity index (χ2n) is 8.16. The summed E-state index contributed by atoms with van der Waals surface area (Å²) in [7, 11) is 0. The number of fused-ring (bicyclic) bond motifs is 2. The Labute approximate surface area is 205 Å². The SMILES string of the molecule is CC(=O)OCC1=C(CNC(=O)NCC2=C(COC(C)=O)CS[C@@H]3CC(=O)N23)N2C(=O)C[C@H]2SC1. The number of amides is 4. The third kappa shape index (κ3) is 5.19. The largest absolute Gasteiger partial charge is 0.461 e. The summed E-state index contributed by atoms with van der Waals surface area (Å²) in [6, 6.07) is -0.468. The van der Waals surface area contributed by atoms with Crippen LogP contribution in [0, 0.1) is 0 Å². The molecule has 0 aromatic carbocycles. The van der Waals surface area contributed by atoms with Crippen LogP contribution >= 0.6 is 23.5 Å². The van der Waals surface area contributed by atoms with Crippen molar-refractivity contribution in [2.24, 2.45) is 0 Å². The number of nitrogens with zero attached hydrogens (tertiary/aromatic N) is 2. The highest BCUT2D eigenvalue weighted by Crippen LogP contribution is 2.40. The standard InChI is InChI=1S/C21H26N4O7S2/c1-11(26)31-7-13-9-33-19-3-17(28)24(19)15(13)5-22-21(30)23-6-16-14(8-32-12(2)27)10-34-20-4-18(29)25(16)20/h19-20H,3-10H2,1-2H3,(H2,22,23,30)/t19-,20-/m1/s1. The molecule has 0 unspecified atom stereocenters. The fourth-order valence-electron chi connectivity index (χ4n) is 4.03. The molecule has 2 N–H and O–H groups in total. The molecule has 0 aromatic rings. The van der Waals surface area contributed by atoms with E-state index in [9.17, 15) is 24.0 Å². The van der Waals surface area contributed by atoms with Crippen LogP contribution in [0.25, 0.3) is 0 Å². The first kappa shape index (κ1) is 24.5. The number of hydrogen-bond donors (Lipinski definition) is 2. The monoisotopic (exact) mass is 510 g/mol. The first-order chi connectivity index (χ1) is 16.2. The maximum absolute atomic E-state index is 12.6. The summed E-state index contributed by atoms with van der Waals surface area (Å²) in [5, 5.41) is 5.61. The molecular weight excluding hydrogens is 484 g/mol. The highest BCUT2D eigenvalue weighted by atomic mass is 32.2. The summed E-state index contributed by atoms with van der Waals surface area (Å²) in [5.41, 5.74) is 2.88. The Morgan fingerprint density at radius 2 is 1.24 bits per heavy atom. The molecule has 4 rings (SSSR count). The molecular formula is C21H26N4O7S2. The van der Waals surface area contributed by atoms with Gasteiger partial charge in [-0.25, -0.2) is 4.79 Å². The highest BCUT2D eigenvalue weighted by molar-refractivity contribution is 8.00. The van der Waals surface area contributed by atoms with Gasteiger partial charge in [-0.3, -0.25) is 19.2 Å². The summed E-state index contributed by atoms with van der Waals surface area (Å²) in [6.07, 6.45) is 0.896. The minimum atomic E-state index is -0.468. The Hall–Kier alpha value is -2.67. The van der Waals surface area contributed by atoms with Gasteiger partial charge in [-0.2, -0.15) is 0 Å². The Bertz CT molecular complexity index is 920. The summed E-state index contributed by atoms with van der Waals surface area (Å²) in [6.45, 7) is 2.99. The summed E-state index contributed by atoms with van der Waals surface area (Å²) in [5.74, 6) is 0.337. The van der Waals surface area contributed by atoms with Crippen LogP contribution < -0.4 is 10.6 Å². The van der Waals surface area contributed by atoms with Crippen molar-refractivity contribution in [3.8, 4) is 0 Å². The average Bonchev–Trinajstić information content (AvgIpc) is 2.77. The molecule has 4 amide bonds. The van der Waals surface area contributed by atoms with E-state index in [0.29, 0.717) is 35.7 Å². The lowest BCUT2D eigenvalue weighted by Gasteiger charge is -2.46. The normalized spacial score (nSPS) is 23.5. The van der Waals surface area contributed by atoms with E-state index in [2.05, 4.69) is 10.6 Å². The van der Waals surface area contributed by atoms with Gasteiger partial charge in [0.2, 0.25) is 11.8 Å². The number of carbonyl (C=O) groups excluding carboxylic acids is 5. The first-order valence-electron chi connectivity index (χ1n) is 10.8. The van der Waals surface area contributed by atoms with Gasteiger partial charge in [-0.15, -0.1) is 23.5 Å². The van der Waals surface area contributed by atoms with Crippen LogP contribution in [0.3, 0.4) is 0 Å². The zero-order valence-corrected chi connectivity index (χ0v) is 20.5. The fraction of sp³-hybridized carbons (Fsp3) is 0.571. The van der Waals surface area contributed by atoms with Crippen molar-refractivity contribution in [2.45, 2.75) is 37.4 Å². The number of hydrogen-bond acceptors (Lipinski definition) is 9. The van der Waals surface area contributed by atoms with Gasteiger partial charge >= 0.3 is 18.0 Å². The van der Waals surface area contributed by atoms with Crippen molar-refractivity contribution in [2.75, 3.05) is 37.8 Å². The maximum atomic E-state index is 12.6. The zero-order chi connectivity index (χ0) is 24.4. The van der Waals surface area contributed by atoms with Crippen molar-refractivity contribution < 1.29 is 33.4 Å². The number of ether oxygens (including phenoxy) is 2. The second kappa shape index (κ2) is 10.3. The Kier molecular flexibility index (Phi) is 7.41. The minimum absolute atomic E-state index is 0.0305. The predicted molar refractivity (Wildman–Crippen MR) is 124 cm³/mol. The minimum Gasteiger partial charge on any atom is -0.461 e. The van der Waals surface area contributed by atoms with Gasteiger partial charge in [0.25, 0.3) is 0 Å². The fourth-order valence-corrected chi connectivity index (χ4v) is 6.62. The van der Waals surface area contributed by atoms with Crippen molar-refractivity contribution in [1.29, 1.82) is 0 Å². The Balaban J connectivity index is 1.39. The number of carbonyl (C=O) groups is 5. The molecule has 0 aliphatic carbocycles. The van der Waals surface area contributed by atoms with Crippen LogP contribution in [-0.2, 0) is 28.7 Å². The van der Waals surface area contributed by atoms with E-state index < -0.39 is 18.0 Å². The number of nitrogens with one attached hydrogen (secondary N) is 2. The number of thioether (sulfide) groups is 2. The van der Waals surface area contributed by atoms with Crippen molar-refractivity contribution in [1.82, 2.24) is 20.4 Å². The van der Waals surface area contributed by atoms with E-state index >= 15 is 0 Å². The van der Waals surface area contributed by atoms with E-state index in [4.69, 9.17) is 9.47 Å². The molecule has 4 heterocycles. The predicted octanol–water partition coefficient (Wildman–Crippen LogP) is 0.530. The van der Waals surface area contributed by atoms with E-state index in [-0.39, 0.29) is 48.9 Å². The number of esters is 2. The molecule has 0 aromatic heterocycles. The third-order valence-corrected chi connectivity index (χ3v) is 8.40. The van der Waals surface area contributed by atoms with Crippen molar-refractivity contribution in [3.05, 3.63) is 22.5 Å². The van der Waals surface area contributed by atoms with Crippen LogP contribution in [0.15, 0.2) is 22.5 Å². The molecule has 4 aliphatic rings. The Morgan fingerprint density at radius 3 is 1.59 bits per heavy atom. The summed E-state index contributed by atoms with van der Waals surface area (Å²) >= 11 is 3.21. The van der Waals surface area contributed by atoms with Gasteiger partial charge in [-0.1, -0.05) is 0 Å². The van der Waals surface area contributed by atoms with Gasteiger partial charge in [-0.05, 0) is 11.1 Å². The molecule has 0 spiro atoms. The van der Waals surface area contributed by atoms with E-state index in [1.807, 2.05) is 0 Å². The molecule has 34 heavy (non-hydrogen) atoms. The number of rotatable bonds is 8. The summed E-state index contributed by atoms with van der Waals surface area (Å²) < 4.78 is 10.2. The van der Waals surface area contributed by atoms with Crippen LogP contribution in [0.5, 0.6) is 0 Å². The van der Waals surface area contributed by atoms with Crippen LogP contribution in [-0.4, -0.2) is 88.1 Å². The lowest BCUT2D eigenvalue weighted by Crippen LogP contribution is -2.56. The first-order valence-corrected chi connectivity index (χ1v) is 12.9. The molecule has 11 nitrogen and oxygen atoms in total. The molecule has 184 valence electrons. The quantitative estimate of drug-likeness (QED) is 0.354. The molecule has 2 fully saturated rings. The van der Waals surface area contributed by atoms with E-state index in [0.717, 1.165) is 11.1 Å². The van der Waals surface area contributed by atoms with Crippen molar-refractivity contribution in [3.63, 3.8) is 0 Å². The molecule has 4 aliphatic heterocycles. The summed E-state index contributed by atoms with van der Waals surface area (Å²) in [4.78, 5) is 62.6. The third-order valence-electron chi connectivity index (χ3n) is 5.84. The molecule has 0 saturated carbocycles. The number of urea groups is 1. The van der Waals surface area contributed by atoms with Crippen LogP contribution in [0.1, 0.15) is 26.7 Å². The van der Waals surface area contributed by atoms with Gasteiger partial charge in [0, 0.05) is 36.7 Å². The van der Waals surface area contributed by atoms with Gasteiger partial charge in [0.1, 0.15) is 13.2 Å². The lowest BCUT2D eigenvalue weighted by atomic mass is 10.1. The van der Waals surface area contributed by atoms with Crippen LogP contribution in [0.2, 0.25) is 0 Å². The smallest absolute Gasteiger partial charge is 0.315 e. The second-order valence-corrected chi connectivity index (χ2v) is 10.5. The molecule has 0 radical (unpaired) electrons. The van der Waals surface area contributed by atoms with Crippen LogP contribution in [0.4, 0.5) is 4.79 Å². The Morgan fingerprint density at radius 1 is 0.824 bits per heavy atom. The zero-order valence-electron chi connectivity index (χ0n) is 18.9. The van der Waals surface area contributed by atoms with E-state index in [1.165, 1.54) is 13.8 Å². The molecule has 2 atom stereocenters. The highest BCUT2D eigenvalue weighted by Gasteiger charge is 2.44. The molecule has 0 bridgehead atoms. The van der Waals surface area contributed by atoms with Gasteiger partial charge in [0.15, 0.2) is 0 Å². The number of β-lactam (4-membered cyclic amide) rings is 2. The van der Waals surface area contributed by atoms with E-state index in [1.54, 1.807) is 33.3 Å². The topological polar surface area (TPSA) is 134 Å². The van der Waals surface area contributed by atoms with Gasteiger partial charge in [0.05, 0.1) is 36.7 Å². The molecule has 2 saturated heterocycles. The lowest BCUT2D eigenvalue weighted by molar-refractivity contribution is -0.141. The maximum Gasteiger partial charge on any atom is 0.315 e. The van der Waals surface area contributed by atoms with Gasteiger partial charge < -0.3 is 29.9 Å². The average molecular weight is 511 g/mol.